The minimum atomic E-state index is 0.414. The largest absolute Gasteiger partial charge is 0.342 e. The SMILES string of the molecule is CCCCC/C=C\C/C=C\CCCCCCCC[N+](C)(C)CCCN(CCCCCCCC/C=C\CC(C)CCCCC)C(=O)CCCCCCC/C=C\C/C=C\CCCCC. The first-order chi connectivity index (χ1) is 30.4. The van der Waals surface area contributed by atoms with Gasteiger partial charge in [-0.15, -0.1) is 0 Å². The molecule has 362 valence electrons. The van der Waals surface area contributed by atoms with Gasteiger partial charge >= 0.3 is 0 Å². The van der Waals surface area contributed by atoms with E-state index < -0.39 is 0 Å². The molecule has 0 aliphatic carbocycles. The summed E-state index contributed by atoms with van der Waals surface area (Å²) in [5.41, 5.74) is 0. The molecular formula is C59H111N2O+. The lowest BCUT2D eigenvalue weighted by Crippen LogP contribution is -2.43. The fourth-order valence-electron chi connectivity index (χ4n) is 8.52. The summed E-state index contributed by atoms with van der Waals surface area (Å²) >= 11 is 0. The Morgan fingerprint density at radius 2 is 0.790 bits per heavy atom. The molecule has 1 amide bonds. The van der Waals surface area contributed by atoms with E-state index in [4.69, 9.17) is 0 Å². The number of carbonyl (C=O) groups is 1. The molecule has 0 bridgehead atoms. The Morgan fingerprint density at radius 3 is 1.29 bits per heavy atom. The van der Waals surface area contributed by atoms with Gasteiger partial charge in [-0.3, -0.25) is 4.79 Å². The van der Waals surface area contributed by atoms with E-state index >= 15 is 0 Å². The number of carbonyl (C=O) groups excluding carboxylic acids is 1. The van der Waals surface area contributed by atoms with Gasteiger partial charge in [0.25, 0.3) is 0 Å². The van der Waals surface area contributed by atoms with Gasteiger partial charge in [0.1, 0.15) is 0 Å². The van der Waals surface area contributed by atoms with Crippen LogP contribution in [0.5, 0.6) is 0 Å². The summed E-state index contributed by atoms with van der Waals surface area (Å²) in [6, 6.07) is 0. The molecule has 62 heavy (non-hydrogen) atoms. The Hall–Kier alpha value is -1.87. The van der Waals surface area contributed by atoms with Crippen molar-refractivity contribution in [3.8, 4) is 0 Å². The molecule has 3 nitrogen and oxygen atoms in total. The highest BCUT2D eigenvalue weighted by molar-refractivity contribution is 5.76. The van der Waals surface area contributed by atoms with Gasteiger partial charge in [0, 0.05) is 25.9 Å². The summed E-state index contributed by atoms with van der Waals surface area (Å²) in [5.74, 6) is 1.25. The van der Waals surface area contributed by atoms with Crippen LogP contribution in [-0.2, 0) is 4.79 Å². The van der Waals surface area contributed by atoms with E-state index in [-0.39, 0.29) is 0 Å². The van der Waals surface area contributed by atoms with Crippen molar-refractivity contribution in [2.75, 3.05) is 40.3 Å². The highest BCUT2D eigenvalue weighted by Gasteiger charge is 2.18. The molecule has 0 saturated heterocycles. The van der Waals surface area contributed by atoms with Crippen LogP contribution in [0.2, 0.25) is 0 Å². The van der Waals surface area contributed by atoms with Crippen LogP contribution in [-0.4, -0.2) is 55.6 Å². The topological polar surface area (TPSA) is 20.3 Å². The molecule has 0 radical (unpaired) electrons. The van der Waals surface area contributed by atoms with Crippen molar-refractivity contribution in [3.05, 3.63) is 60.8 Å². The molecule has 0 aliphatic heterocycles. The van der Waals surface area contributed by atoms with Gasteiger partial charge < -0.3 is 9.38 Å². The van der Waals surface area contributed by atoms with Crippen LogP contribution in [0.3, 0.4) is 0 Å². The number of nitrogens with zero attached hydrogens (tertiary/aromatic N) is 2. The zero-order valence-electron chi connectivity index (χ0n) is 43.1. The molecule has 3 heteroatoms. The second-order valence-corrected chi connectivity index (χ2v) is 19.9. The van der Waals surface area contributed by atoms with Crippen molar-refractivity contribution in [1.29, 1.82) is 0 Å². The fourth-order valence-corrected chi connectivity index (χ4v) is 8.52. The molecule has 0 aliphatic rings. The number of quaternary nitrogens is 1. The Morgan fingerprint density at radius 1 is 0.419 bits per heavy atom. The van der Waals surface area contributed by atoms with Crippen LogP contribution in [0.4, 0.5) is 0 Å². The molecule has 0 aromatic heterocycles. The second kappa shape index (κ2) is 48.6. The minimum Gasteiger partial charge on any atom is -0.342 e. The number of unbranched alkanes of at least 4 members (excludes halogenated alkanes) is 25. The molecule has 0 heterocycles. The molecule has 1 unspecified atom stereocenters. The summed E-state index contributed by atoms with van der Waals surface area (Å²) in [5, 5.41) is 0. The maximum atomic E-state index is 13.6. The zero-order valence-corrected chi connectivity index (χ0v) is 43.1. The summed E-state index contributed by atoms with van der Waals surface area (Å²) in [7, 11) is 4.82. The minimum absolute atomic E-state index is 0.414. The van der Waals surface area contributed by atoms with Gasteiger partial charge in [-0.05, 0) is 115 Å². The highest BCUT2D eigenvalue weighted by atomic mass is 16.2. The van der Waals surface area contributed by atoms with Gasteiger partial charge in [0.05, 0.1) is 27.2 Å². The molecule has 0 rings (SSSR count). The van der Waals surface area contributed by atoms with Crippen LogP contribution in [0.25, 0.3) is 0 Å². The molecular weight excluding hydrogens is 753 g/mol. The van der Waals surface area contributed by atoms with Gasteiger partial charge in [-0.25, -0.2) is 0 Å². The van der Waals surface area contributed by atoms with Gasteiger partial charge in [-0.1, -0.05) is 204 Å². The van der Waals surface area contributed by atoms with E-state index in [2.05, 4.69) is 107 Å². The van der Waals surface area contributed by atoms with Gasteiger partial charge in [0.2, 0.25) is 5.91 Å². The number of rotatable bonds is 48. The summed E-state index contributed by atoms with van der Waals surface area (Å²) < 4.78 is 1.08. The van der Waals surface area contributed by atoms with E-state index in [1.807, 2.05) is 0 Å². The third-order valence-electron chi connectivity index (χ3n) is 12.9. The third-order valence-corrected chi connectivity index (χ3v) is 12.9. The Bertz CT molecular complexity index is 1070. The number of hydrogen-bond donors (Lipinski definition) is 0. The smallest absolute Gasteiger partial charge is 0.222 e. The van der Waals surface area contributed by atoms with Crippen molar-refractivity contribution in [2.45, 2.75) is 265 Å². The number of amides is 1. The summed E-state index contributed by atoms with van der Waals surface area (Å²) in [6.07, 6.45) is 70.5. The lowest BCUT2D eigenvalue weighted by Gasteiger charge is -2.31. The van der Waals surface area contributed by atoms with Crippen LogP contribution in [0.1, 0.15) is 265 Å². The van der Waals surface area contributed by atoms with Crippen molar-refractivity contribution in [2.24, 2.45) is 5.92 Å². The first-order valence-electron chi connectivity index (χ1n) is 27.7. The molecule has 0 fully saturated rings. The van der Waals surface area contributed by atoms with E-state index in [1.165, 1.54) is 212 Å². The zero-order chi connectivity index (χ0) is 45.3. The van der Waals surface area contributed by atoms with E-state index in [9.17, 15) is 4.79 Å². The number of allylic oxidation sites excluding steroid dienone is 10. The van der Waals surface area contributed by atoms with Crippen LogP contribution in [0.15, 0.2) is 60.8 Å². The molecule has 0 aromatic carbocycles. The normalized spacial score (nSPS) is 13.1. The first kappa shape index (κ1) is 60.1. The number of hydrogen-bond acceptors (Lipinski definition) is 1. The van der Waals surface area contributed by atoms with Crippen molar-refractivity contribution >= 4 is 5.91 Å². The Kier molecular flexibility index (Phi) is 47.1. The van der Waals surface area contributed by atoms with E-state index in [0.717, 1.165) is 62.0 Å². The van der Waals surface area contributed by atoms with E-state index in [1.54, 1.807) is 0 Å². The lowest BCUT2D eigenvalue weighted by atomic mass is 9.99. The molecule has 0 aromatic rings. The second-order valence-electron chi connectivity index (χ2n) is 19.9. The van der Waals surface area contributed by atoms with Crippen molar-refractivity contribution in [1.82, 2.24) is 4.90 Å². The maximum absolute atomic E-state index is 13.6. The van der Waals surface area contributed by atoms with Crippen LogP contribution < -0.4 is 0 Å². The van der Waals surface area contributed by atoms with Crippen LogP contribution >= 0.6 is 0 Å². The molecule has 0 spiro atoms. The highest BCUT2D eigenvalue weighted by Crippen LogP contribution is 2.16. The van der Waals surface area contributed by atoms with Gasteiger partial charge in [0.15, 0.2) is 0 Å². The average molecular weight is 865 g/mol. The predicted molar refractivity (Wildman–Crippen MR) is 281 cm³/mol. The summed E-state index contributed by atoms with van der Waals surface area (Å²) in [4.78, 5) is 15.8. The Balaban J connectivity index is 4.46. The van der Waals surface area contributed by atoms with E-state index in [0.29, 0.717) is 5.91 Å². The monoisotopic (exact) mass is 864 g/mol. The predicted octanol–water partition coefficient (Wildman–Crippen LogP) is 18.8. The van der Waals surface area contributed by atoms with Gasteiger partial charge in [-0.2, -0.15) is 0 Å². The quantitative estimate of drug-likeness (QED) is 0.0339. The fraction of sp³-hybridized carbons (Fsp3) is 0.814. The maximum Gasteiger partial charge on any atom is 0.222 e. The molecule has 0 N–H and O–H groups in total. The molecule has 0 saturated carbocycles. The molecule has 1 atom stereocenters. The van der Waals surface area contributed by atoms with Crippen LogP contribution in [0, 0.1) is 5.92 Å². The standard InChI is InChI=1S/C59H111N2O/c1-7-10-13-15-17-19-21-23-25-27-29-31-36-40-44-49-56-61(5,6)57-50-55-60(54-48-43-39-35-32-33-37-41-46-52-58(4)51-45-12-9-3)59(62)53-47-42-38-34-30-28-26-24-22-20-18-16-14-11-8-2/h17-20,23-26,41,46,58H,7-16,21-22,27-40,42-45,47-57H2,1-6H3/q+1/b19-17-,20-18-,25-23-,26-24-,46-41-. The average Bonchev–Trinajstić information content (AvgIpc) is 3.26. The van der Waals surface area contributed by atoms with Crippen molar-refractivity contribution < 1.29 is 9.28 Å². The summed E-state index contributed by atoms with van der Waals surface area (Å²) in [6.45, 7) is 13.6. The Labute approximate surface area is 390 Å². The third kappa shape index (κ3) is 46.1. The van der Waals surface area contributed by atoms with Crippen molar-refractivity contribution in [3.63, 3.8) is 0 Å². The lowest BCUT2D eigenvalue weighted by molar-refractivity contribution is -0.890. The first-order valence-corrected chi connectivity index (χ1v) is 27.7.